The first kappa shape index (κ1) is 16.8. The Bertz CT molecular complexity index is 1160. The molecule has 4 rings (SSSR count). The molecule has 8 nitrogen and oxygen atoms in total. The van der Waals surface area contributed by atoms with E-state index in [1.807, 2.05) is 0 Å². The number of nitrogens with zero attached hydrogens (tertiary/aromatic N) is 4. The largest absolute Gasteiger partial charge is 0.493 e. The molecule has 0 atom stereocenters. The summed E-state index contributed by atoms with van der Waals surface area (Å²) in [5.41, 5.74) is 1.16. The number of hydrogen-bond acceptors (Lipinski definition) is 6. The maximum atomic E-state index is 12.2. The van der Waals surface area contributed by atoms with Gasteiger partial charge in [0.05, 0.1) is 23.4 Å². The highest BCUT2D eigenvalue weighted by Gasteiger charge is 2.24. The van der Waals surface area contributed by atoms with Gasteiger partial charge < -0.3 is 9.30 Å². The Morgan fingerprint density at radius 1 is 1.31 bits per heavy atom. The first-order valence-corrected chi connectivity index (χ1v) is 10.1. The van der Waals surface area contributed by atoms with Crippen LogP contribution < -0.4 is 10.3 Å². The molecule has 0 amide bonds. The van der Waals surface area contributed by atoms with Gasteiger partial charge in [-0.05, 0) is 37.0 Å². The van der Waals surface area contributed by atoms with Crippen LogP contribution in [0.1, 0.15) is 12.8 Å². The Morgan fingerprint density at radius 2 is 2.08 bits per heavy atom. The molecule has 0 radical (unpaired) electrons. The maximum absolute atomic E-state index is 12.2. The highest BCUT2D eigenvalue weighted by molar-refractivity contribution is 7.90. The highest BCUT2D eigenvalue weighted by atomic mass is 32.2. The predicted molar refractivity (Wildman–Crippen MR) is 95.0 cm³/mol. The molecule has 1 aliphatic rings. The second-order valence-corrected chi connectivity index (χ2v) is 8.66. The van der Waals surface area contributed by atoms with Crippen molar-refractivity contribution in [2.45, 2.75) is 17.7 Å². The van der Waals surface area contributed by atoms with Gasteiger partial charge in [-0.2, -0.15) is 0 Å². The molecule has 1 aliphatic carbocycles. The fourth-order valence-electron chi connectivity index (χ4n) is 2.78. The normalized spacial score (nSPS) is 14.7. The zero-order chi connectivity index (χ0) is 18.5. The molecule has 0 N–H and O–H groups in total. The molecule has 9 heteroatoms. The van der Waals surface area contributed by atoms with Crippen molar-refractivity contribution < 1.29 is 13.2 Å². The fourth-order valence-corrected chi connectivity index (χ4v) is 3.42. The minimum atomic E-state index is -3.40. The van der Waals surface area contributed by atoms with E-state index in [0.29, 0.717) is 35.0 Å². The SMILES string of the molecule is Cn1cc(-c2cc(S(C)(=O)=O)ccc2OCC2CC2)n2nncc2c1=O. The standard InChI is InChI=1S/C17H18N4O4S/c1-20-9-15(21-14(17(20)22)8-18-19-21)13-7-12(26(2,23)24)5-6-16(13)25-10-11-3-4-11/h5-9,11H,3-4,10H2,1-2H3. The molecule has 1 saturated carbocycles. The van der Waals surface area contributed by atoms with Gasteiger partial charge in [0, 0.05) is 25.1 Å². The van der Waals surface area contributed by atoms with E-state index in [9.17, 15) is 13.2 Å². The van der Waals surface area contributed by atoms with Crippen LogP contribution in [0, 0.1) is 5.92 Å². The van der Waals surface area contributed by atoms with E-state index in [1.165, 1.54) is 21.3 Å². The van der Waals surface area contributed by atoms with Crippen molar-refractivity contribution in [1.82, 2.24) is 19.4 Å². The zero-order valence-electron chi connectivity index (χ0n) is 14.4. The molecule has 0 saturated heterocycles. The van der Waals surface area contributed by atoms with Crippen LogP contribution in [0.25, 0.3) is 16.8 Å². The van der Waals surface area contributed by atoms with Crippen molar-refractivity contribution in [3.8, 4) is 17.0 Å². The minimum Gasteiger partial charge on any atom is -0.493 e. The van der Waals surface area contributed by atoms with E-state index >= 15 is 0 Å². The summed E-state index contributed by atoms with van der Waals surface area (Å²) >= 11 is 0. The Kier molecular flexibility index (Phi) is 3.83. The molecule has 0 bridgehead atoms. The van der Waals surface area contributed by atoms with Crippen molar-refractivity contribution >= 4 is 15.4 Å². The fraction of sp³-hybridized carbons (Fsp3) is 0.353. The summed E-state index contributed by atoms with van der Waals surface area (Å²) in [7, 11) is -1.77. The van der Waals surface area contributed by atoms with E-state index in [-0.39, 0.29) is 10.5 Å². The summed E-state index contributed by atoms with van der Waals surface area (Å²) in [4.78, 5) is 12.4. The lowest BCUT2D eigenvalue weighted by atomic mass is 10.1. The molecule has 0 aliphatic heterocycles. The summed E-state index contributed by atoms with van der Waals surface area (Å²) in [5.74, 6) is 1.10. The summed E-state index contributed by atoms with van der Waals surface area (Å²) in [6.07, 6.45) is 6.43. The number of sulfone groups is 1. The van der Waals surface area contributed by atoms with Gasteiger partial charge >= 0.3 is 0 Å². The highest BCUT2D eigenvalue weighted by Crippen LogP contribution is 2.35. The van der Waals surface area contributed by atoms with Crippen molar-refractivity contribution in [3.05, 3.63) is 40.9 Å². The lowest BCUT2D eigenvalue weighted by molar-refractivity contribution is 0.300. The average Bonchev–Trinajstić information content (AvgIpc) is 3.29. The summed E-state index contributed by atoms with van der Waals surface area (Å²) in [6.45, 7) is 0.581. The van der Waals surface area contributed by atoms with E-state index < -0.39 is 9.84 Å². The van der Waals surface area contributed by atoms with Crippen molar-refractivity contribution in [2.75, 3.05) is 12.9 Å². The Balaban J connectivity index is 1.94. The summed E-state index contributed by atoms with van der Waals surface area (Å²) in [6, 6.07) is 4.74. The first-order valence-electron chi connectivity index (χ1n) is 8.22. The smallest absolute Gasteiger partial charge is 0.278 e. The Hall–Kier alpha value is -2.68. The van der Waals surface area contributed by atoms with Crippen LogP contribution in [0.5, 0.6) is 5.75 Å². The number of benzene rings is 1. The van der Waals surface area contributed by atoms with Crippen molar-refractivity contribution in [3.63, 3.8) is 0 Å². The molecule has 1 aromatic carbocycles. The van der Waals surface area contributed by atoms with Crippen molar-refractivity contribution in [1.29, 1.82) is 0 Å². The van der Waals surface area contributed by atoms with Crippen LogP contribution in [0.2, 0.25) is 0 Å². The first-order chi connectivity index (χ1) is 12.3. The van der Waals surface area contributed by atoms with Gasteiger partial charge in [0.1, 0.15) is 5.75 Å². The van der Waals surface area contributed by atoms with Gasteiger partial charge in [-0.3, -0.25) is 4.79 Å². The summed E-state index contributed by atoms with van der Waals surface area (Å²) in [5, 5.41) is 7.80. The summed E-state index contributed by atoms with van der Waals surface area (Å²) < 4.78 is 32.8. The monoisotopic (exact) mass is 374 g/mol. The molecule has 2 aromatic heterocycles. The van der Waals surface area contributed by atoms with Crippen LogP contribution in [0.15, 0.2) is 40.3 Å². The molecular formula is C17H18N4O4S. The van der Waals surface area contributed by atoms with Gasteiger partial charge in [-0.25, -0.2) is 12.9 Å². The second kappa shape index (κ2) is 5.94. The van der Waals surface area contributed by atoms with Crippen LogP contribution in [0.3, 0.4) is 0 Å². The maximum Gasteiger partial charge on any atom is 0.278 e. The second-order valence-electron chi connectivity index (χ2n) is 6.65. The molecule has 1 fully saturated rings. The molecule has 26 heavy (non-hydrogen) atoms. The molecule has 0 spiro atoms. The zero-order valence-corrected chi connectivity index (χ0v) is 15.2. The number of fused-ring (bicyclic) bond motifs is 1. The van der Waals surface area contributed by atoms with Gasteiger partial charge in [-0.1, -0.05) is 5.21 Å². The molecular weight excluding hydrogens is 356 g/mol. The molecule has 0 unspecified atom stereocenters. The molecule has 3 aromatic rings. The molecule has 2 heterocycles. The average molecular weight is 374 g/mol. The third-order valence-electron chi connectivity index (χ3n) is 4.46. The van der Waals surface area contributed by atoms with Crippen LogP contribution in [-0.2, 0) is 16.9 Å². The van der Waals surface area contributed by atoms with Crippen molar-refractivity contribution in [2.24, 2.45) is 13.0 Å². The number of ether oxygens (including phenoxy) is 1. The van der Waals surface area contributed by atoms with E-state index in [0.717, 1.165) is 19.1 Å². The third kappa shape index (κ3) is 2.98. The van der Waals surface area contributed by atoms with Crippen LogP contribution in [-0.4, -0.2) is 40.7 Å². The van der Waals surface area contributed by atoms with Gasteiger partial charge in [0.25, 0.3) is 5.56 Å². The third-order valence-corrected chi connectivity index (χ3v) is 5.57. The predicted octanol–water partition coefficient (Wildman–Crippen LogP) is 1.29. The van der Waals surface area contributed by atoms with E-state index in [4.69, 9.17) is 4.74 Å². The lowest BCUT2D eigenvalue weighted by Crippen LogP contribution is -2.19. The quantitative estimate of drug-likeness (QED) is 0.668. The Labute approximate surface area is 149 Å². The van der Waals surface area contributed by atoms with Crippen LogP contribution >= 0.6 is 0 Å². The van der Waals surface area contributed by atoms with E-state index in [1.54, 1.807) is 25.4 Å². The molecule has 136 valence electrons. The lowest BCUT2D eigenvalue weighted by Gasteiger charge is -2.14. The number of rotatable bonds is 5. The van der Waals surface area contributed by atoms with E-state index in [2.05, 4.69) is 10.3 Å². The van der Waals surface area contributed by atoms with Crippen LogP contribution in [0.4, 0.5) is 0 Å². The van der Waals surface area contributed by atoms with Gasteiger partial charge in [-0.15, -0.1) is 5.10 Å². The Morgan fingerprint density at radius 3 is 2.77 bits per heavy atom. The van der Waals surface area contributed by atoms with Gasteiger partial charge in [0.2, 0.25) is 0 Å². The number of aromatic nitrogens is 4. The van der Waals surface area contributed by atoms with Gasteiger partial charge in [0.15, 0.2) is 15.4 Å². The topological polar surface area (TPSA) is 95.6 Å². The minimum absolute atomic E-state index is 0.174. The number of hydrogen-bond donors (Lipinski definition) is 0. The number of aryl methyl sites for hydroxylation is 1.